The Kier molecular flexibility index (Phi) is 6.96. The molecule has 2 aromatic rings. The fourth-order valence-electron chi connectivity index (χ4n) is 2.36. The Morgan fingerprint density at radius 2 is 1.73 bits per heavy atom. The van der Waals surface area contributed by atoms with E-state index in [-0.39, 0.29) is 24.3 Å². The van der Waals surface area contributed by atoms with E-state index in [4.69, 9.17) is 4.42 Å². The quantitative estimate of drug-likeness (QED) is 0.662. The summed E-state index contributed by atoms with van der Waals surface area (Å²) in [5, 5.41) is 7.91. The molecule has 0 aliphatic heterocycles. The number of hydrogen-bond donors (Lipinski definition) is 3. The van der Waals surface area contributed by atoms with Gasteiger partial charge in [-0.1, -0.05) is 30.3 Å². The number of benzene rings is 1. The van der Waals surface area contributed by atoms with Crippen LogP contribution in [-0.2, 0) is 16.0 Å². The fraction of sp³-hybridized carbons (Fsp3) is 0.316. The molecule has 2 rings (SSSR count). The molecule has 26 heavy (non-hydrogen) atoms. The van der Waals surface area contributed by atoms with Gasteiger partial charge in [-0.15, -0.1) is 0 Å². The zero-order valence-electron chi connectivity index (χ0n) is 14.8. The van der Waals surface area contributed by atoms with Crippen molar-refractivity contribution >= 4 is 17.7 Å². The number of amides is 3. The maximum atomic E-state index is 12.5. The molecule has 0 aliphatic rings. The Morgan fingerprint density at radius 3 is 2.35 bits per heavy atom. The van der Waals surface area contributed by atoms with E-state index in [1.165, 1.54) is 12.3 Å². The number of hydrogen-bond acceptors (Lipinski definition) is 4. The first-order valence-corrected chi connectivity index (χ1v) is 8.41. The van der Waals surface area contributed by atoms with Gasteiger partial charge in [0.15, 0.2) is 5.76 Å². The summed E-state index contributed by atoms with van der Waals surface area (Å²) in [5.41, 5.74) is 0.888. The lowest BCUT2D eigenvalue weighted by molar-refractivity contribution is -0.127. The summed E-state index contributed by atoms with van der Waals surface area (Å²) in [4.78, 5) is 36.5. The van der Waals surface area contributed by atoms with Crippen LogP contribution in [0.3, 0.4) is 0 Å². The fourth-order valence-corrected chi connectivity index (χ4v) is 2.36. The number of furan rings is 1. The van der Waals surface area contributed by atoms with E-state index in [1.54, 1.807) is 6.07 Å². The van der Waals surface area contributed by atoms with Gasteiger partial charge >= 0.3 is 0 Å². The van der Waals surface area contributed by atoms with Crippen molar-refractivity contribution < 1.29 is 18.8 Å². The molecule has 0 aliphatic carbocycles. The van der Waals surface area contributed by atoms with Crippen LogP contribution in [0.2, 0.25) is 0 Å². The molecule has 1 heterocycles. The molecule has 1 aromatic heterocycles. The van der Waals surface area contributed by atoms with Crippen LogP contribution in [0.25, 0.3) is 0 Å². The number of rotatable bonds is 8. The maximum Gasteiger partial charge on any atom is 0.287 e. The Bertz CT molecular complexity index is 727. The third-order valence-electron chi connectivity index (χ3n) is 3.52. The second-order valence-corrected chi connectivity index (χ2v) is 6.13. The van der Waals surface area contributed by atoms with Crippen molar-refractivity contribution in [1.82, 2.24) is 16.0 Å². The first-order chi connectivity index (χ1) is 12.5. The average molecular weight is 357 g/mol. The molecular weight excluding hydrogens is 334 g/mol. The topological polar surface area (TPSA) is 100 Å². The molecule has 0 radical (unpaired) electrons. The van der Waals surface area contributed by atoms with Crippen molar-refractivity contribution in [3.8, 4) is 0 Å². The molecule has 7 nitrogen and oxygen atoms in total. The number of carbonyl (C=O) groups is 3. The molecule has 3 N–H and O–H groups in total. The third-order valence-corrected chi connectivity index (χ3v) is 3.52. The van der Waals surface area contributed by atoms with Crippen molar-refractivity contribution in [3.63, 3.8) is 0 Å². The lowest BCUT2D eigenvalue weighted by atomic mass is 10.1. The van der Waals surface area contributed by atoms with Gasteiger partial charge in [0.05, 0.1) is 12.8 Å². The highest BCUT2D eigenvalue weighted by Crippen LogP contribution is 2.06. The molecule has 1 aromatic carbocycles. The second-order valence-electron chi connectivity index (χ2n) is 6.13. The predicted molar refractivity (Wildman–Crippen MR) is 96.4 cm³/mol. The molecule has 0 saturated carbocycles. The zero-order valence-corrected chi connectivity index (χ0v) is 14.8. The van der Waals surface area contributed by atoms with E-state index >= 15 is 0 Å². The van der Waals surface area contributed by atoms with Crippen LogP contribution in [0.1, 0.15) is 30.0 Å². The Balaban J connectivity index is 2.02. The lowest BCUT2D eigenvalue weighted by Gasteiger charge is -2.18. The summed E-state index contributed by atoms with van der Waals surface area (Å²) < 4.78 is 5.06. The van der Waals surface area contributed by atoms with Crippen molar-refractivity contribution in [2.24, 2.45) is 0 Å². The number of carbonyl (C=O) groups excluding carboxylic acids is 3. The van der Waals surface area contributed by atoms with Gasteiger partial charge in [0, 0.05) is 12.5 Å². The molecule has 1 atom stereocenters. The van der Waals surface area contributed by atoms with Gasteiger partial charge < -0.3 is 20.4 Å². The normalized spacial score (nSPS) is 11.7. The lowest BCUT2D eigenvalue weighted by Crippen LogP contribution is -2.50. The summed E-state index contributed by atoms with van der Waals surface area (Å²) >= 11 is 0. The van der Waals surface area contributed by atoms with Crippen molar-refractivity contribution in [3.05, 3.63) is 60.1 Å². The SMILES string of the molecule is CC(C)NC(=O)CNC(=O)C(Cc1ccccc1)NC(=O)c1ccco1. The number of nitrogens with one attached hydrogen (secondary N) is 3. The summed E-state index contributed by atoms with van der Waals surface area (Å²) in [6, 6.07) is 11.6. The van der Waals surface area contributed by atoms with E-state index in [2.05, 4.69) is 16.0 Å². The minimum absolute atomic E-state index is 0.0156. The van der Waals surface area contributed by atoms with Gasteiger partial charge in [-0.2, -0.15) is 0 Å². The standard InChI is InChI=1S/C19H23N3O4/c1-13(2)21-17(23)12-20-18(24)15(11-14-7-4-3-5-8-14)22-19(25)16-9-6-10-26-16/h3-10,13,15H,11-12H2,1-2H3,(H,20,24)(H,21,23)(H,22,25). The first kappa shape index (κ1) is 19.2. The Hall–Kier alpha value is -3.09. The summed E-state index contributed by atoms with van der Waals surface area (Å²) in [7, 11) is 0. The summed E-state index contributed by atoms with van der Waals surface area (Å²) in [5.74, 6) is -1.09. The van der Waals surface area contributed by atoms with E-state index in [1.807, 2.05) is 44.2 Å². The van der Waals surface area contributed by atoms with E-state index in [9.17, 15) is 14.4 Å². The molecule has 3 amide bonds. The van der Waals surface area contributed by atoms with Gasteiger partial charge in [-0.3, -0.25) is 14.4 Å². The highest BCUT2D eigenvalue weighted by Gasteiger charge is 2.23. The Morgan fingerprint density at radius 1 is 1.00 bits per heavy atom. The van der Waals surface area contributed by atoms with Crippen LogP contribution >= 0.6 is 0 Å². The minimum Gasteiger partial charge on any atom is -0.459 e. The Labute approximate surface area is 152 Å². The zero-order chi connectivity index (χ0) is 18.9. The van der Waals surface area contributed by atoms with Crippen molar-refractivity contribution in [1.29, 1.82) is 0 Å². The highest BCUT2D eigenvalue weighted by atomic mass is 16.3. The van der Waals surface area contributed by atoms with Crippen LogP contribution in [-0.4, -0.2) is 36.3 Å². The monoisotopic (exact) mass is 357 g/mol. The van der Waals surface area contributed by atoms with Gasteiger partial charge in [-0.25, -0.2) is 0 Å². The summed E-state index contributed by atoms with van der Waals surface area (Å²) in [6.45, 7) is 3.52. The van der Waals surface area contributed by atoms with E-state index in [0.717, 1.165) is 5.56 Å². The van der Waals surface area contributed by atoms with Crippen LogP contribution in [0.5, 0.6) is 0 Å². The molecule has 0 fully saturated rings. The van der Waals surface area contributed by atoms with E-state index < -0.39 is 17.9 Å². The molecule has 138 valence electrons. The van der Waals surface area contributed by atoms with Crippen LogP contribution in [0.4, 0.5) is 0 Å². The smallest absolute Gasteiger partial charge is 0.287 e. The largest absolute Gasteiger partial charge is 0.459 e. The van der Waals surface area contributed by atoms with E-state index in [0.29, 0.717) is 6.42 Å². The van der Waals surface area contributed by atoms with Crippen LogP contribution < -0.4 is 16.0 Å². The third kappa shape index (κ3) is 6.08. The van der Waals surface area contributed by atoms with Crippen LogP contribution in [0.15, 0.2) is 53.1 Å². The molecule has 0 spiro atoms. The maximum absolute atomic E-state index is 12.5. The van der Waals surface area contributed by atoms with Gasteiger partial charge in [-0.05, 0) is 31.5 Å². The highest BCUT2D eigenvalue weighted by molar-refractivity contribution is 5.96. The molecule has 0 saturated heterocycles. The molecule has 0 bridgehead atoms. The average Bonchev–Trinajstić information content (AvgIpc) is 3.14. The van der Waals surface area contributed by atoms with Crippen molar-refractivity contribution in [2.75, 3.05) is 6.54 Å². The second kappa shape index (κ2) is 9.41. The molecule has 1 unspecified atom stereocenters. The van der Waals surface area contributed by atoms with Gasteiger partial charge in [0.1, 0.15) is 6.04 Å². The van der Waals surface area contributed by atoms with Crippen LogP contribution in [0, 0.1) is 0 Å². The van der Waals surface area contributed by atoms with Gasteiger partial charge in [0.2, 0.25) is 11.8 Å². The van der Waals surface area contributed by atoms with Gasteiger partial charge in [0.25, 0.3) is 5.91 Å². The first-order valence-electron chi connectivity index (χ1n) is 8.41. The molecular formula is C19H23N3O4. The molecule has 7 heteroatoms. The summed E-state index contributed by atoms with van der Waals surface area (Å²) in [6.07, 6.45) is 1.68. The minimum atomic E-state index is -0.832. The van der Waals surface area contributed by atoms with Crippen molar-refractivity contribution in [2.45, 2.75) is 32.4 Å². The predicted octanol–water partition coefficient (Wildman–Crippen LogP) is 1.26.